The molecule has 0 aliphatic carbocycles. The lowest BCUT2D eigenvalue weighted by atomic mass is 10.0. The third kappa shape index (κ3) is 5.88. The van der Waals surface area contributed by atoms with Crippen LogP contribution in [-0.4, -0.2) is 25.0 Å². The van der Waals surface area contributed by atoms with Crippen molar-refractivity contribution >= 4 is 11.8 Å². The van der Waals surface area contributed by atoms with Crippen LogP contribution in [0.15, 0.2) is 61.2 Å². The molecule has 0 aliphatic rings. The fourth-order valence-electron chi connectivity index (χ4n) is 2.39. The van der Waals surface area contributed by atoms with E-state index in [1.54, 1.807) is 30.3 Å². The number of hydrogen-bond acceptors (Lipinski definition) is 4. The zero-order valence-electron chi connectivity index (χ0n) is 15.5. The molecule has 2 aromatic rings. The summed E-state index contributed by atoms with van der Waals surface area (Å²) in [6.45, 7) is 7.74. The van der Waals surface area contributed by atoms with Gasteiger partial charge in [0.2, 0.25) is 0 Å². The Balaban J connectivity index is 1.89. The summed E-state index contributed by atoms with van der Waals surface area (Å²) in [7, 11) is 0. The van der Waals surface area contributed by atoms with Crippen LogP contribution in [0.1, 0.15) is 35.7 Å². The highest BCUT2D eigenvalue weighted by Crippen LogP contribution is 2.25. The van der Waals surface area contributed by atoms with Crippen LogP contribution in [0.5, 0.6) is 11.5 Å². The van der Waals surface area contributed by atoms with Crippen LogP contribution in [-0.2, 0) is 4.79 Å². The molecule has 142 valence electrons. The van der Waals surface area contributed by atoms with Crippen molar-refractivity contribution in [1.29, 1.82) is 0 Å². The van der Waals surface area contributed by atoms with E-state index in [9.17, 15) is 9.59 Å². The zero-order valence-corrected chi connectivity index (χ0v) is 15.5. The van der Waals surface area contributed by atoms with Crippen molar-refractivity contribution < 1.29 is 19.1 Å². The topological polar surface area (TPSA) is 76.7 Å². The van der Waals surface area contributed by atoms with E-state index in [2.05, 4.69) is 17.4 Å². The van der Waals surface area contributed by atoms with Crippen LogP contribution in [0.3, 0.4) is 0 Å². The molecule has 0 atom stereocenters. The average molecular weight is 368 g/mol. The van der Waals surface area contributed by atoms with Gasteiger partial charge in [-0.05, 0) is 29.7 Å². The Hall–Kier alpha value is -3.28. The molecule has 2 rings (SSSR count). The molecule has 6 heteroatoms. The molecule has 0 aromatic heterocycles. The molecule has 27 heavy (non-hydrogen) atoms. The first-order valence-corrected chi connectivity index (χ1v) is 8.66. The first-order valence-electron chi connectivity index (χ1n) is 8.66. The molecule has 0 spiro atoms. The van der Waals surface area contributed by atoms with Gasteiger partial charge < -0.3 is 9.47 Å². The molecule has 0 radical (unpaired) electrons. The van der Waals surface area contributed by atoms with Crippen molar-refractivity contribution in [2.45, 2.75) is 19.8 Å². The third-order valence-corrected chi connectivity index (χ3v) is 3.70. The van der Waals surface area contributed by atoms with Gasteiger partial charge in [-0.2, -0.15) is 0 Å². The van der Waals surface area contributed by atoms with Gasteiger partial charge in [0.1, 0.15) is 18.1 Å². The first kappa shape index (κ1) is 20.0. The number of nitrogens with one attached hydrogen (secondary N) is 2. The molecule has 0 saturated carbocycles. The van der Waals surface area contributed by atoms with Crippen LogP contribution in [0.25, 0.3) is 0 Å². The molecule has 0 unspecified atom stereocenters. The van der Waals surface area contributed by atoms with Crippen molar-refractivity contribution in [1.82, 2.24) is 10.9 Å². The molecule has 0 aliphatic heterocycles. The van der Waals surface area contributed by atoms with E-state index in [1.807, 2.05) is 38.1 Å². The summed E-state index contributed by atoms with van der Waals surface area (Å²) in [4.78, 5) is 24.3. The maximum absolute atomic E-state index is 12.3. The van der Waals surface area contributed by atoms with E-state index >= 15 is 0 Å². The normalized spacial score (nSPS) is 10.2. The highest BCUT2D eigenvalue weighted by Gasteiger charge is 2.13. The second-order valence-corrected chi connectivity index (χ2v) is 6.08. The minimum Gasteiger partial charge on any atom is -0.489 e. The number of rotatable bonds is 8. The van der Waals surface area contributed by atoms with E-state index in [-0.39, 0.29) is 19.1 Å². The lowest BCUT2D eigenvalue weighted by Gasteiger charge is -2.14. The molecule has 2 aromatic carbocycles. The largest absolute Gasteiger partial charge is 0.489 e. The van der Waals surface area contributed by atoms with Gasteiger partial charge in [-0.1, -0.05) is 56.8 Å². The minimum absolute atomic E-state index is 0.210. The number of ether oxygens (including phenoxy) is 2. The second-order valence-electron chi connectivity index (χ2n) is 6.08. The number of benzene rings is 2. The first-order chi connectivity index (χ1) is 13.0. The number of carbonyl (C=O) groups is 2. The van der Waals surface area contributed by atoms with Crippen molar-refractivity contribution in [2.75, 3.05) is 13.2 Å². The molecule has 0 heterocycles. The lowest BCUT2D eigenvalue weighted by molar-refractivity contribution is -0.123. The summed E-state index contributed by atoms with van der Waals surface area (Å²) in [6, 6.07) is 14.3. The van der Waals surface area contributed by atoms with Crippen LogP contribution in [0.4, 0.5) is 0 Å². The Morgan fingerprint density at radius 3 is 2.37 bits per heavy atom. The van der Waals surface area contributed by atoms with Gasteiger partial charge in [0.15, 0.2) is 6.61 Å². The average Bonchev–Trinajstić information content (AvgIpc) is 2.69. The van der Waals surface area contributed by atoms with E-state index in [1.165, 1.54) is 0 Å². The van der Waals surface area contributed by atoms with E-state index in [0.29, 0.717) is 17.1 Å². The Morgan fingerprint density at radius 2 is 1.67 bits per heavy atom. The number of hydrogen-bond donors (Lipinski definition) is 2. The summed E-state index contributed by atoms with van der Waals surface area (Å²) in [5.41, 5.74) is 6.04. The van der Waals surface area contributed by atoms with Crippen molar-refractivity contribution in [3.05, 3.63) is 72.3 Å². The van der Waals surface area contributed by atoms with E-state index in [0.717, 1.165) is 5.56 Å². The van der Waals surface area contributed by atoms with Crippen LogP contribution < -0.4 is 20.3 Å². The van der Waals surface area contributed by atoms with Crippen LogP contribution >= 0.6 is 0 Å². The summed E-state index contributed by atoms with van der Waals surface area (Å²) in [5, 5.41) is 0. The quantitative estimate of drug-likeness (QED) is 0.554. The summed E-state index contributed by atoms with van der Waals surface area (Å²) in [5.74, 6) is 0.386. The Labute approximate surface area is 159 Å². The molecule has 0 fully saturated rings. The smallest absolute Gasteiger partial charge is 0.276 e. The highest BCUT2D eigenvalue weighted by molar-refractivity contribution is 5.97. The van der Waals surface area contributed by atoms with Crippen LogP contribution in [0.2, 0.25) is 0 Å². The molecular weight excluding hydrogens is 344 g/mol. The predicted molar refractivity (Wildman–Crippen MR) is 104 cm³/mol. The zero-order chi connectivity index (χ0) is 19.6. The summed E-state index contributed by atoms with van der Waals surface area (Å²) in [6.07, 6.45) is 1.59. The van der Waals surface area contributed by atoms with Gasteiger partial charge in [-0.15, -0.1) is 0 Å². The maximum atomic E-state index is 12.3. The van der Waals surface area contributed by atoms with Crippen molar-refractivity contribution in [3.8, 4) is 11.5 Å². The molecule has 6 nitrogen and oxygen atoms in total. The van der Waals surface area contributed by atoms with Crippen molar-refractivity contribution in [2.24, 2.45) is 0 Å². The number of hydrazine groups is 1. The summed E-state index contributed by atoms with van der Waals surface area (Å²) >= 11 is 0. The number of carbonyl (C=O) groups excluding carboxylic acids is 2. The van der Waals surface area contributed by atoms with E-state index in [4.69, 9.17) is 9.47 Å². The predicted octanol–water partition coefficient (Wildman–Crippen LogP) is 3.21. The Bertz CT molecular complexity index is 802. The molecule has 2 amide bonds. The van der Waals surface area contributed by atoms with E-state index < -0.39 is 11.8 Å². The number of para-hydroxylation sites is 2. The third-order valence-electron chi connectivity index (χ3n) is 3.70. The molecule has 0 bridgehead atoms. The monoisotopic (exact) mass is 368 g/mol. The van der Waals surface area contributed by atoms with Crippen molar-refractivity contribution in [3.63, 3.8) is 0 Å². The van der Waals surface area contributed by atoms with Gasteiger partial charge in [0, 0.05) is 0 Å². The van der Waals surface area contributed by atoms with Gasteiger partial charge in [0.05, 0.1) is 5.56 Å². The Kier molecular flexibility index (Phi) is 7.43. The molecule has 0 saturated heterocycles. The molecule has 2 N–H and O–H groups in total. The fraction of sp³-hybridized carbons (Fsp3) is 0.238. The minimum atomic E-state index is -0.481. The number of amides is 2. The fourth-order valence-corrected chi connectivity index (χ4v) is 2.39. The van der Waals surface area contributed by atoms with Gasteiger partial charge >= 0.3 is 0 Å². The SMILES string of the molecule is C=CCOc1ccccc1C(=O)NNC(=O)COc1ccccc1C(C)C. The second kappa shape index (κ2) is 10.0. The summed E-state index contributed by atoms with van der Waals surface area (Å²) < 4.78 is 11.0. The van der Waals surface area contributed by atoms with Gasteiger partial charge in [-0.3, -0.25) is 20.4 Å². The molecular formula is C21H24N2O4. The van der Waals surface area contributed by atoms with Gasteiger partial charge in [0.25, 0.3) is 11.8 Å². The van der Waals surface area contributed by atoms with Crippen LogP contribution in [0, 0.1) is 0 Å². The standard InChI is InChI=1S/C21H24N2O4/c1-4-13-26-19-12-8-6-10-17(19)21(25)23-22-20(24)14-27-18-11-7-5-9-16(18)15(2)3/h4-12,15H,1,13-14H2,2-3H3,(H,22,24)(H,23,25). The Morgan fingerprint density at radius 1 is 1.00 bits per heavy atom. The van der Waals surface area contributed by atoms with Gasteiger partial charge in [-0.25, -0.2) is 0 Å². The highest BCUT2D eigenvalue weighted by atomic mass is 16.5. The maximum Gasteiger partial charge on any atom is 0.276 e. The lowest BCUT2D eigenvalue weighted by Crippen LogP contribution is -2.44.